The van der Waals surface area contributed by atoms with Gasteiger partial charge in [0.05, 0.1) is 11.0 Å². The van der Waals surface area contributed by atoms with Crippen molar-refractivity contribution in [2.24, 2.45) is 23.7 Å². The van der Waals surface area contributed by atoms with E-state index in [1.165, 1.54) is 95.6 Å². The number of nitrogens with zero attached hydrogens (tertiary/aromatic N) is 2. The Morgan fingerprint density at radius 3 is 1.75 bits per heavy atom. The van der Waals surface area contributed by atoms with E-state index < -0.39 is 0 Å². The lowest BCUT2D eigenvalue weighted by molar-refractivity contribution is -0.159. The average Bonchev–Trinajstić information content (AvgIpc) is 3.84. The molecule has 0 bridgehead atoms. The molecule has 3 heteroatoms. The van der Waals surface area contributed by atoms with Gasteiger partial charge in [-0.2, -0.15) is 0 Å². The summed E-state index contributed by atoms with van der Waals surface area (Å²) >= 11 is 1.87. The third-order valence-corrected chi connectivity index (χ3v) is 16.1. The van der Waals surface area contributed by atoms with Crippen LogP contribution in [0.5, 0.6) is 0 Å². The number of thiophene rings is 1. The first-order chi connectivity index (χ1) is 30.1. The summed E-state index contributed by atoms with van der Waals surface area (Å²) in [5, 5.41) is 5.17. The Kier molecular flexibility index (Phi) is 7.85. The Morgan fingerprint density at radius 1 is 0.475 bits per heavy atom. The summed E-state index contributed by atoms with van der Waals surface area (Å²) in [6.07, 6.45) is 5.71. The van der Waals surface area contributed by atoms with E-state index in [1.807, 2.05) is 11.3 Å². The van der Waals surface area contributed by atoms with Crippen LogP contribution in [0.4, 0.5) is 17.1 Å². The highest BCUT2D eigenvalue weighted by Crippen LogP contribution is 2.71. The molecule has 3 aliphatic rings. The summed E-state index contributed by atoms with van der Waals surface area (Å²) in [5.41, 5.74) is 14.0. The van der Waals surface area contributed by atoms with Crippen molar-refractivity contribution in [3.8, 4) is 27.9 Å². The van der Waals surface area contributed by atoms with Crippen molar-refractivity contribution in [3.05, 3.63) is 194 Å². The maximum atomic E-state index is 2.49. The van der Waals surface area contributed by atoms with E-state index in [0.717, 1.165) is 40.7 Å². The highest BCUT2D eigenvalue weighted by Gasteiger charge is 2.65. The number of hydrogen-bond donors (Lipinski definition) is 0. The first kappa shape index (κ1) is 35.3. The molecule has 0 aliphatic heterocycles. The van der Waals surface area contributed by atoms with Gasteiger partial charge in [0.25, 0.3) is 0 Å². The lowest BCUT2D eigenvalue weighted by Crippen LogP contribution is -2.65. The van der Waals surface area contributed by atoms with Gasteiger partial charge in [-0.25, -0.2) is 0 Å². The number of para-hydroxylation sites is 2. The molecular formula is C58H46N2S. The molecule has 2 aromatic heterocycles. The molecule has 0 spiro atoms. The van der Waals surface area contributed by atoms with Gasteiger partial charge in [0.1, 0.15) is 0 Å². The van der Waals surface area contributed by atoms with E-state index >= 15 is 0 Å². The summed E-state index contributed by atoms with van der Waals surface area (Å²) in [6.45, 7) is 2.49. The van der Waals surface area contributed by atoms with Crippen LogP contribution in [-0.4, -0.2) is 4.57 Å². The van der Waals surface area contributed by atoms with Gasteiger partial charge in [0, 0.05) is 53.7 Å². The fourth-order valence-corrected chi connectivity index (χ4v) is 13.6. The molecule has 8 aromatic carbocycles. The summed E-state index contributed by atoms with van der Waals surface area (Å²) in [5.74, 6) is 3.75. The van der Waals surface area contributed by atoms with Crippen LogP contribution >= 0.6 is 11.3 Å². The molecule has 3 aliphatic carbocycles. The van der Waals surface area contributed by atoms with Gasteiger partial charge in [-0.15, -0.1) is 11.3 Å². The zero-order chi connectivity index (χ0) is 40.2. The minimum atomic E-state index is 0.438. The second-order valence-electron chi connectivity index (χ2n) is 18.4. The molecule has 13 rings (SSSR count). The fraction of sp³-hybridized carbons (Fsp3) is 0.172. The summed E-state index contributed by atoms with van der Waals surface area (Å²) < 4.78 is 5.04. The second-order valence-corrected chi connectivity index (χ2v) is 19.5. The van der Waals surface area contributed by atoms with Crippen LogP contribution in [0, 0.1) is 23.7 Å². The highest BCUT2D eigenvalue weighted by atomic mass is 32.1. The van der Waals surface area contributed by atoms with Crippen LogP contribution in [0.1, 0.15) is 38.2 Å². The van der Waals surface area contributed by atoms with Crippen molar-refractivity contribution < 1.29 is 0 Å². The quantitative estimate of drug-likeness (QED) is 0.156. The second kappa shape index (κ2) is 13.5. The Bertz CT molecular complexity index is 3250. The maximum absolute atomic E-state index is 2.49. The Hall–Kier alpha value is -6.42. The molecule has 0 radical (unpaired) electrons. The van der Waals surface area contributed by atoms with Crippen LogP contribution in [-0.2, 0) is 5.41 Å². The van der Waals surface area contributed by atoms with Crippen LogP contribution < -0.4 is 4.90 Å². The number of benzene rings is 8. The standard InChI is InChI=1S/C58H46N2S/c1-37-31-42-32-43-36-58(35-37,57(42)43)44-23-17-38(18-24-44)39-19-25-45(26-20-39)59(48-29-30-56-52(34-48)51-13-4-7-16-55(51)61-56)46-27-21-40(22-28-46)41-9-8-10-47(33-41)60-53-14-5-2-11-49(53)50-12-3-6-15-54(50)60/h2-30,33-34,37,42-43,57H,31-32,35-36H2,1H3/t37-,42-,43-,57?,58?/m0/s1. The fourth-order valence-electron chi connectivity index (χ4n) is 12.5. The van der Waals surface area contributed by atoms with Crippen LogP contribution in [0.3, 0.4) is 0 Å². The van der Waals surface area contributed by atoms with Crippen molar-refractivity contribution in [3.63, 3.8) is 0 Å². The minimum absolute atomic E-state index is 0.438. The van der Waals surface area contributed by atoms with E-state index in [9.17, 15) is 0 Å². The molecule has 2 heterocycles. The van der Waals surface area contributed by atoms with Gasteiger partial charge in [0.15, 0.2) is 0 Å². The molecule has 5 atom stereocenters. The van der Waals surface area contributed by atoms with Gasteiger partial charge in [-0.3, -0.25) is 0 Å². The van der Waals surface area contributed by atoms with Crippen LogP contribution in [0.2, 0.25) is 0 Å². The molecule has 3 saturated carbocycles. The van der Waals surface area contributed by atoms with Crippen LogP contribution in [0.25, 0.3) is 69.9 Å². The smallest absolute Gasteiger partial charge is 0.0541 e. The monoisotopic (exact) mass is 802 g/mol. The van der Waals surface area contributed by atoms with E-state index in [-0.39, 0.29) is 0 Å². The lowest BCUT2D eigenvalue weighted by Gasteiger charge is -2.70. The summed E-state index contributed by atoms with van der Waals surface area (Å²) in [7, 11) is 0. The van der Waals surface area contributed by atoms with E-state index in [1.54, 1.807) is 5.56 Å². The molecule has 0 saturated heterocycles. The van der Waals surface area contributed by atoms with Crippen molar-refractivity contribution in [1.82, 2.24) is 4.57 Å². The van der Waals surface area contributed by atoms with E-state index in [4.69, 9.17) is 0 Å². The Labute approximate surface area is 361 Å². The predicted molar refractivity (Wildman–Crippen MR) is 259 cm³/mol. The first-order valence-corrected chi connectivity index (χ1v) is 23.0. The van der Waals surface area contributed by atoms with Crippen LogP contribution in [0.15, 0.2) is 188 Å². The van der Waals surface area contributed by atoms with Crippen molar-refractivity contribution >= 4 is 70.4 Å². The number of hydrogen-bond acceptors (Lipinski definition) is 2. The molecule has 0 N–H and O–H groups in total. The van der Waals surface area contributed by atoms with E-state index in [2.05, 4.69) is 204 Å². The van der Waals surface area contributed by atoms with Gasteiger partial charge in [-0.1, -0.05) is 122 Å². The molecule has 2 unspecified atom stereocenters. The minimum Gasteiger partial charge on any atom is -0.310 e. The molecule has 2 nitrogen and oxygen atoms in total. The Morgan fingerprint density at radius 2 is 1.07 bits per heavy atom. The zero-order valence-corrected chi connectivity index (χ0v) is 35.2. The summed E-state index contributed by atoms with van der Waals surface area (Å²) in [6, 6.07) is 70.3. The first-order valence-electron chi connectivity index (χ1n) is 22.2. The number of rotatable bonds is 7. The molecule has 3 fully saturated rings. The van der Waals surface area contributed by atoms with E-state index in [0.29, 0.717) is 5.41 Å². The third-order valence-electron chi connectivity index (χ3n) is 15.0. The van der Waals surface area contributed by atoms with Gasteiger partial charge < -0.3 is 9.47 Å². The SMILES string of the molecule is C[C@H]1C[C@H]2C[C@H]3CC(c4ccc(-c5ccc(N(c6ccc(-c7cccc(-n8c9ccccc9c9ccccc98)c7)cc6)c6ccc7sc8ccccc8c7c6)cc5)cc4)(C1)C23. The predicted octanol–water partition coefficient (Wildman–Crippen LogP) is 16.3. The van der Waals surface area contributed by atoms with Crippen molar-refractivity contribution in [2.45, 2.75) is 38.0 Å². The van der Waals surface area contributed by atoms with Gasteiger partial charge in [0.2, 0.25) is 0 Å². The molecular weight excluding hydrogens is 757 g/mol. The molecule has 0 amide bonds. The third kappa shape index (κ3) is 5.46. The maximum Gasteiger partial charge on any atom is 0.0541 e. The summed E-state index contributed by atoms with van der Waals surface area (Å²) in [4.78, 5) is 2.42. The normalized spacial score (nSPS) is 21.7. The number of fused-ring (bicyclic) bond motifs is 6. The highest BCUT2D eigenvalue weighted by molar-refractivity contribution is 7.25. The largest absolute Gasteiger partial charge is 0.310 e. The van der Waals surface area contributed by atoms with Gasteiger partial charge in [-0.05, 0) is 155 Å². The van der Waals surface area contributed by atoms with Crippen molar-refractivity contribution in [2.75, 3.05) is 4.90 Å². The van der Waals surface area contributed by atoms with Crippen molar-refractivity contribution in [1.29, 1.82) is 0 Å². The number of anilines is 3. The molecule has 10 aromatic rings. The molecule has 61 heavy (non-hydrogen) atoms. The lowest BCUT2D eigenvalue weighted by atomic mass is 9.34. The zero-order valence-electron chi connectivity index (χ0n) is 34.3. The Balaban J connectivity index is 0.856. The topological polar surface area (TPSA) is 8.17 Å². The average molecular weight is 803 g/mol. The molecule has 294 valence electrons. The number of aromatic nitrogens is 1. The van der Waals surface area contributed by atoms with Gasteiger partial charge >= 0.3 is 0 Å².